The highest BCUT2D eigenvalue weighted by molar-refractivity contribution is 6.48. The number of fused-ring (bicyclic) bond motifs is 1. The number of nitrogens with one attached hydrogen (secondary N) is 2. The summed E-state index contributed by atoms with van der Waals surface area (Å²) in [5, 5.41) is 7.97. The summed E-state index contributed by atoms with van der Waals surface area (Å²) < 4.78 is 108. The van der Waals surface area contributed by atoms with Crippen molar-refractivity contribution >= 4 is 49.0 Å². The van der Waals surface area contributed by atoms with Crippen molar-refractivity contribution in [1.82, 2.24) is 40.4 Å². The lowest BCUT2D eigenvalue weighted by Gasteiger charge is -2.58. The minimum atomic E-state index is -4.64. The predicted molar refractivity (Wildman–Crippen MR) is 150 cm³/mol. The number of nitrogens with zero attached hydrogens (tertiary/aromatic N) is 6. The van der Waals surface area contributed by atoms with Gasteiger partial charge in [-0.05, 0) is 29.2 Å². The van der Waals surface area contributed by atoms with E-state index in [-0.39, 0.29) is 16.9 Å². The van der Waals surface area contributed by atoms with Crippen molar-refractivity contribution in [1.29, 1.82) is 0 Å². The number of amides is 3. The van der Waals surface area contributed by atoms with Gasteiger partial charge in [0.05, 0.1) is 73.6 Å². The van der Waals surface area contributed by atoms with E-state index in [2.05, 4.69) is 30.3 Å². The number of carbonyl (C=O) groups excluding carboxylic acids is 2. The Morgan fingerprint density at radius 2 is 1.83 bits per heavy atom. The molecule has 23 heteroatoms. The summed E-state index contributed by atoms with van der Waals surface area (Å²) >= 11 is 0. The molecule has 3 aromatic heterocycles. The van der Waals surface area contributed by atoms with Gasteiger partial charge in [-0.25, -0.2) is 36.5 Å². The zero-order chi connectivity index (χ0) is 35.3. The van der Waals surface area contributed by atoms with Gasteiger partial charge >= 0.3 is 12.2 Å². The van der Waals surface area contributed by atoms with Crippen molar-refractivity contribution in [2.45, 2.75) is 68.0 Å². The molecule has 3 amide bonds. The average Bonchev–Trinajstić information content (AvgIpc) is 3.60. The molecule has 2 N–H and O–H groups in total. The Morgan fingerprint density at radius 1 is 1.17 bits per heavy atom. The second-order valence-corrected chi connectivity index (χ2v) is 11.5. The Kier molecular flexibility index (Phi) is 9.48. The van der Waals surface area contributed by atoms with Crippen molar-refractivity contribution in [3.8, 4) is 0 Å². The smallest absolute Gasteiger partial charge is 0.382 e. The second-order valence-electron chi connectivity index (χ2n) is 11.5. The van der Waals surface area contributed by atoms with Gasteiger partial charge in [0.1, 0.15) is 0 Å². The van der Waals surface area contributed by atoms with E-state index in [1.165, 1.54) is 19.4 Å². The zero-order valence-corrected chi connectivity index (χ0v) is 24.9. The van der Waals surface area contributed by atoms with Crippen LogP contribution < -0.4 is 10.6 Å². The molecule has 1 aliphatic rings. The number of hydrogen-bond acceptors (Lipinski definition) is 8. The molecule has 244 valence electrons. The number of alkyl halides is 7. The van der Waals surface area contributed by atoms with Crippen LogP contribution in [0.25, 0.3) is 5.65 Å². The summed E-state index contributed by atoms with van der Waals surface area (Å²) in [6.07, 6.45) is -6.51. The Bertz CT molecular complexity index is 1640. The molecule has 0 saturated carbocycles. The average molecular weight is 664 g/mol. The first kappa shape index (κ1) is 36.1. The fourth-order valence-electron chi connectivity index (χ4n) is 4.77. The van der Waals surface area contributed by atoms with Crippen molar-refractivity contribution in [2.75, 3.05) is 13.7 Å². The number of aromatic nitrogens is 5. The standard InChI is InChI=1S/C24H23B4F7N8O4/c1-20(2,24(33,34)35)5-4-11(38-18(44)16-15(17(29)30)40-47-41-16)12-8-42-14(37-12)6-10(7-36-42)13(9-46-3)43-19(45)39-22(25,26)21(31,32)23(43,27)28/h6-8,11,13,17H,4-5,9H2,1-3H3,(H,38,44)(H,39,45). The molecule has 4 heterocycles. The maximum absolute atomic E-state index is 15.2. The summed E-state index contributed by atoms with van der Waals surface area (Å²) in [7, 11) is 23.5. The largest absolute Gasteiger partial charge is 0.393 e. The molecule has 47 heavy (non-hydrogen) atoms. The third-order valence-electron chi connectivity index (χ3n) is 7.76. The topological polar surface area (TPSA) is 140 Å². The molecular formula is C24H23B4F7N8O4. The van der Waals surface area contributed by atoms with E-state index in [0.29, 0.717) is 4.90 Å². The van der Waals surface area contributed by atoms with Crippen molar-refractivity contribution in [2.24, 2.45) is 5.41 Å². The van der Waals surface area contributed by atoms with Crippen LogP contribution >= 0.6 is 0 Å². The summed E-state index contributed by atoms with van der Waals surface area (Å²) in [5.74, 6) is -5.55. The number of ether oxygens (including phenoxy) is 1. The quantitative estimate of drug-likeness (QED) is 0.235. The van der Waals surface area contributed by atoms with E-state index in [4.69, 9.17) is 36.1 Å². The fourth-order valence-corrected chi connectivity index (χ4v) is 4.77. The van der Waals surface area contributed by atoms with Crippen LogP contribution in [0.3, 0.4) is 0 Å². The highest BCUT2D eigenvalue weighted by Gasteiger charge is 2.64. The first-order chi connectivity index (χ1) is 21.6. The Balaban J connectivity index is 1.73. The Hall–Kier alpha value is -3.77. The predicted octanol–water partition coefficient (Wildman–Crippen LogP) is 2.22. The number of carbonyl (C=O) groups is 2. The number of imidazole rings is 1. The Morgan fingerprint density at radius 3 is 2.43 bits per heavy atom. The van der Waals surface area contributed by atoms with E-state index < -0.39 is 89.5 Å². The zero-order valence-electron chi connectivity index (χ0n) is 24.9. The van der Waals surface area contributed by atoms with Gasteiger partial charge in [0.2, 0.25) is 5.69 Å². The van der Waals surface area contributed by atoms with Gasteiger partial charge in [0.25, 0.3) is 18.3 Å². The molecule has 1 saturated heterocycles. The highest BCUT2D eigenvalue weighted by Crippen LogP contribution is 2.44. The maximum atomic E-state index is 15.2. The molecule has 4 rings (SSSR count). The van der Waals surface area contributed by atoms with Crippen LogP contribution in [0.15, 0.2) is 23.1 Å². The molecule has 0 spiro atoms. The Labute approximate surface area is 267 Å². The molecule has 12 nitrogen and oxygen atoms in total. The first-order valence-corrected chi connectivity index (χ1v) is 13.5. The molecule has 1 fully saturated rings. The molecule has 1 aliphatic heterocycles. The van der Waals surface area contributed by atoms with Crippen molar-refractivity contribution in [3.63, 3.8) is 0 Å². The van der Waals surface area contributed by atoms with Crippen molar-refractivity contribution < 1.29 is 49.7 Å². The lowest BCUT2D eigenvalue weighted by Crippen LogP contribution is -2.83. The highest BCUT2D eigenvalue weighted by atomic mass is 19.4. The van der Waals surface area contributed by atoms with Crippen LogP contribution in [0.2, 0.25) is 0 Å². The van der Waals surface area contributed by atoms with E-state index in [0.717, 1.165) is 24.6 Å². The molecule has 2 unspecified atom stereocenters. The summed E-state index contributed by atoms with van der Waals surface area (Å²) in [6.45, 7) is 1.41. The molecule has 2 atom stereocenters. The number of methoxy groups -OCH3 is 1. The summed E-state index contributed by atoms with van der Waals surface area (Å²) in [4.78, 5) is 30.5. The third kappa shape index (κ3) is 6.54. The maximum Gasteiger partial charge on any atom is 0.393 e. The molecule has 0 aliphatic carbocycles. The van der Waals surface area contributed by atoms with Gasteiger partial charge in [-0.1, -0.05) is 13.8 Å². The monoisotopic (exact) mass is 664 g/mol. The SMILES string of the molecule is [B]C1([B])NC(=O)N(C(COC)c2cnn3cc(C(CCC(C)(C)C(F)(F)F)NC(=O)c4nonc4C(F)F)nc3c2)C([B])([B])C1(F)F. The van der Waals surface area contributed by atoms with Crippen LogP contribution in [0.5, 0.6) is 0 Å². The molecular weight excluding hydrogens is 641 g/mol. The number of urea groups is 1. The number of rotatable bonds is 11. The van der Waals surface area contributed by atoms with Crippen LogP contribution in [0.1, 0.15) is 72.6 Å². The van der Waals surface area contributed by atoms with Gasteiger partial charge in [0.15, 0.2) is 11.3 Å². The minimum Gasteiger partial charge on any atom is -0.382 e. The lowest BCUT2D eigenvalue weighted by atomic mass is 9.43. The summed E-state index contributed by atoms with van der Waals surface area (Å²) in [6, 6.07) is -2.81. The first-order valence-electron chi connectivity index (χ1n) is 13.5. The third-order valence-corrected chi connectivity index (χ3v) is 7.76. The minimum absolute atomic E-state index is 0.00157. The van der Waals surface area contributed by atoms with Crippen LogP contribution in [0.4, 0.5) is 35.5 Å². The molecule has 8 radical (unpaired) electrons. The van der Waals surface area contributed by atoms with Gasteiger partial charge in [-0.15, -0.1) is 0 Å². The van der Waals surface area contributed by atoms with Gasteiger partial charge in [-0.3, -0.25) is 4.79 Å². The van der Waals surface area contributed by atoms with Crippen LogP contribution in [0, 0.1) is 5.41 Å². The van der Waals surface area contributed by atoms with E-state index in [9.17, 15) is 31.5 Å². The van der Waals surface area contributed by atoms with Crippen molar-refractivity contribution in [3.05, 3.63) is 41.1 Å². The molecule has 0 aromatic carbocycles. The normalized spacial score (nSPS) is 19.0. The van der Waals surface area contributed by atoms with E-state index >= 15 is 8.78 Å². The van der Waals surface area contributed by atoms with Gasteiger partial charge in [-0.2, -0.15) is 18.3 Å². The van der Waals surface area contributed by atoms with E-state index in [1.54, 1.807) is 5.32 Å². The second kappa shape index (κ2) is 12.4. The van der Waals surface area contributed by atoms with Gasteiger partial charge < -0.3 is 20.3 Å². The van der Waals surface area contributed by atoms with Gasteiger partial charge in [0, 0.05) is 23.3 Å². The fraction of sp³-hybridized carbons (Fsp3) is 0.583. The van der Waals surface area contributed by atoms with Crippen LogP contribution in [-0.2, 0) is 4.74 Å². The number of hydrogen-bond donors (Lipinski definition) is 2. The van der Waals surface area contributed by atoms with E-state index in [1.807, 2.05) is 0 Å². The molecule has 0 bridgehead atoms. The van der Waals surface area contributed by atoms with Crippen LogP contribution in [-0.4, -0.2) is 110 Å². The lowest BCUT2D eigenvalue weighted by molar-refractivity contribution is -0.214. The molecule has 3 aromatic rings. The number of halogens is 7. The summed E-state index contributed by atoms with van der Waals surface area (Å²) in [5.41, 5.74) is -4.36.